The fourth-order valence-corrected chi connectivity index (χ4v) is 11.7. The molecule has 1 spiro atoms. The number of hydrogen-bond acceptors (Lipinski definition) is 4. The lowest BCUT2D eigenvalue weighted by Gasteiger charge is -2.44. The lowest BCUT2D eigenvalue weighted by molar-refractivity contribution is -0.122. The van der Waals surface area contributed by atoms with E-state index in [1.165, 1.54) is 43.9 Å². The van der Waals surface area contributed by atoms with E-state index in [0.29, 0.717) is 11.5 Å². The molecule has 1 aliphatic carbocycles. The molecule has 2 N–H and O–H groups in total. The van der Waals surface area contributed by atoms with Crippen LogP contribution in [0.1, 0.15) is 80.6 Å². The van der Waals surface area contributed by atoms with Gasteiger partial charge >= 0.3 is 0 Å². The van der Waals surface area contributed by atoms with Crippen LogP contribution in [0.4, 0.5) is 0 Å². The van der Waals surface area contributed by atoms with Crippen LogP contribution in [0.25, 0.3) is 0 Å². The van der Waals surface area contributed by atoms with E-state index < -0.39 is 16.6 Å². The fraction of sp³-hybridized carbons (Fsp3) is 0.962. The van der Waals surface area contributed by atoms with Crippen molar-refractivity contribution in [1.29, 1.82) is 0 Å². The van der Waals surface area contributed by atoms with Gasteiger partial charge in [-0.15, -0.1) is 0 Å². The predicted molar refractivity (Wildman–Crippen MR) is 144 cm³/mol. The number of piperidine rings is 1. The summed E-state index contributed by atoms with van der Waals surface area (Å²) in [6.07, 6.45) is 6.27. The van der Waals surface area contributed by atoms with Crippen LogP contribution in [0.3, 0.4) is 0 Å². The van der Waals surface area contributed by atoms with Gasteiger partial charge in [0, 0.05) is 25.1 Å². The average Bonchev–Trinajstić information content (AvgIpc) is 3.61. The highest BCUT2D eigenvalue weighted by molar-refractivity contribution is 6.74. The van der Waals surface area contributed by atoms with Crippen molar-refractivity contribution in [2.24, 2.45) is 17.1 Å². The Morgan fingerprint density at radius 1 is 0.970 bits per heavy atom. The highest BCUT2D eigenvalue weighted by Crippen LogP contribution is 2.55. The van der Waals surface area contributed by atoms with E-state index >= 15 is 0 Å². The molecule has 194 valence electrons. The molecule has 0 bridgehead atoms. The molecule has 0 aromatic rings. The van der Waals surface area contributed by atoms with Gasteiger partial charge in [-0.05, 0) is 80.3 Å². The molecule has 2 rings (SSSR count). The van der Waals surface area contributed by atoms with Crippen LogP contribution in [0, 0.1) is 11.3 Å². The predicted octanol–water partition coefficient (Wildman–Crippen LogP) is 6.15. The first kappa shape index (κ1) is 29.0. The number of rotatable bonds is 16. The van der Waals surface area contributed by atoms with Gasteiger partial charge in [-0.3, -0.25) is 4.79 Å². The Balaban J connectivity index is 2.05. The summed E-state index contributed by atoms with van der Waals surface area (Å²) in [4.78, 5) is 14.4. The van der Waals surface area contributed by atoms with Crippen LogP contribution in [0.2, 0.25) is 36.3 Å². The third-order valence-electron chi connectivity index (χ3n) is 9.47. The van der Waals surface area contributed by atoms with Crippen molar-refractivity contribution in [2.75, 3.05) is 19.6 Å². The minimum atomic E-state index is -1.73. The van der Waals surface area contributed by atoms with Crippen molar-refractivity contribution in [1.82, 2.24) is 4.90 Å². The maximum Gasteiger partial charge on any atom is 0.220 e. The molecular weight excluding hydrogens is 444 g/mol. The molecule has 5 nitrogen and oxygen atoms in total. The van der Waals surface area contributed by atoms with Gasteiger partial charge in [0.1, 0.15) is 0 Å². The smallest absolute Gasteiger partial charge is 0.220 e. The number of nitrogens with two attached hydrogens (primary N) is 1. The number of carbonyl (C=O) groups is 1. The summed E-state index contributed by atoms with van der Waals surface area (Å²) in [5.41, 5.74) is 6.10. The van der Waals surface area contributed by atoms with Crippen LogP contribution >= 0.6 is 0 Å². The molecule has 0 aromatic carbocycles. The van der Waals surface area contributed by atoms with Gasteiger partial charge in [0.2, 0.25) is 5.91 Å². The first-order chi connectivity index (χ1) is 15.7. The fourth-order valence-electron chi connectivity index (χ4n) is 5.88. The zero-order chi connectivity index (χ0) is 24.7. The summed E-state index contributed by atoms with van der Waals surface area (Å²) >= 11 is 0. The second-order valence-corrected chi connectivity index (χ2v) is 20.5. The average molecular weight is 499 g/mol. The Labute approximate surface area is 206 Å². The summed E-state index contributed by atoms with van der Waals surface area (Å²) in [6.45, 7) is 19.1. The van der Waals surface area contributed by atoms with E-state index in [2.05, 4.69) is 46.4 Å². The summed E-state index contributed by atoms with van der Waals surface area (Å²) in [6, 6.07) is 7.10. The Bertz CT molecular complexity index is 590. The standard InChI is InChI=1S/C26H54N2O3Si2/c1-8-32(9-2,10-3)30-23(20-22(7)25(27)29)14-18-28-19-17-26(15-16-26)24(21-28)31-33(11-4,12-5)13-6/h22-24H,8-21H2,1-7H3,(H2,27,29)/t22?,23-,24-/m1/s1. The number of hydrogen-bond donors (Lipinski definition) is 1. The first-order valence-electron chi connectivity index (χ1n) is 14.0. The van der Waals surface area contributed by atoms with Crippen molar-refractivity contribution in [3.8, 4) is 0 Å². The lowest BCUT2D eigenvalue weighted by atomic mass is 9.90. The molecule has 7 heteroatoms. The van der Waals surface area contributed by atoms with E-state index in [1.807, 2.05) is 6.92 Å². The first-order valence-corrected chi connectivity index (χ1v) is 19.1. The molecule has 1 saturated heterocycles. The van der Waals surface area contributed by atoms with Gasteiger partial charge in [0.25, 0.3) is 0 Å². The third kappa shape index (κ3) is 7.39. The number of nitrogens with zero attached hydrogens (tertiary/aromatic N) is 1. The quantitative estimate of drug-likeness (QED) is 0.259. The second kappa shape index (κ2) is 12.7. The van der Waals surface area contributed by atoms with Gasteiger partial charge in [-0.2, -0.15) is 0 Å². The maximum atomic E-state index is 11.8. The molecule has 3 atom stereocenters. The van der Waals surface area contributed by atoms with E-state index in [0.717, 1.165) is 44.1 Å². The summed E-state index contributed by atoms with van der Waals surface area (Å²) in [7, 11) is -3.34. The van der Waals surface area contributed by atoms with Crippen molar-refractivity contribution in [3.05, 3.63) is 0 Å². The van der Waals surface area contributed by atoms with Gasteiger partial charge in [-0.25, -0.2) is 0 Å². The molecule has 33 heavy (non-hydrogen) atoms. The highest BCUT2D eigenvalue weighted by atomic mass is 28.4. The maximum absolute atomic E-state index is 11.8. The normalized spacial score (nSPS) is 22.9. The second-order valence-electron chi connectivity index (χ2n) is 11.1. The Morgan fingerprint density at radius 3 is 1.97 bits per heavy atom. The molecule has 2 fully saturated rings. The summed E-state index contributed by atoms with van der Waals surface area (Å²) in [5.74, 6) is -0.341. The Morgan fingerprint density at radius 2 is 1.52 bits per heavy atom. The molecule has 1 heterocycles. The van der Waals surface area contributed by atoms with Crippen LogP contribution < -0.4 is 5.73 Å². The molecule has 1 aliphatic heterocycles. The zero-order valence-corrected chi connectivity index (χ0v) is 24.9. The molecule has 1 saturated carbocycles. The number of amides is 1. The lowest BCUT2D eigenvalue weighted by Crippen LogP contribution is -2.52. The van der Waals surface area contributed by atoms with Crippen molar-refractivity contribution < 1.29 is 13.6 Å². The van der Waals surface area contributed by atoms with Crippen LogP contribution in [0.5, 0.6) is 0 Å². The number of carbonyl (C=O) groups excluding carboxylic acids is 1. The molecule has 1 unspecified atom stereocenters. The SMILES string of the molecule is CC[Si](CC)(CC)O[C@H](CCN1CCC2(CC2)[C@H](O[Si](CC)(CC)CC)C1)CC(C)C(N)=O. The highest BCUT2D eigenvalue weighted by Gasteiger charge is 2.54. The van der Waals surface area contributed by atoms with Crippen LogP contribution in [0.15, 0.2) is 0 Å². The molecule has 0 radical (unpaired) electrons. The monoisotopic (exact) mass is 498 g/mol. The van der Waals surface area contributed by atoms with Crippen molar-refractivity contribution in [2.45, 2.75) is 129 Å². The summed E-state index contributed by atoms with van der Waals surface area (Å²) < 4.78 is 14.0. The topological polar surface area (TPSA) is 64.8 Å². The minimum absolute atomic E-state index is 0.130. The third-order valence-corrected chi connectivity index (χ3v) is 18.8. The van der Waals surface area contributed by atoms with Gasteiger partial charge in [0.15, 0.2) is 16.6 Å². The number of likely N-dealkylation sites (tertiary alicyclic amines) is 1. The van der Waals surface area contributed by atoms with Gasteiger partial charge in [0.05, 0.1) is 6.10 Å². The van der Waals surface area contributed by atoms with Crippen LogP contribution in [-0.4, -0.2) is 59.3 Å². The van der Waals surface area contributed by atoms with Crippen LogP contribution in [-0.2, 0) is 13.6 Å². The Kier molecular flexibility index (Phi) is 11.1. The number of primary amides is 1. The molecular formula is C26H54N2O3Si2. The largest absolute Gasteiger partial charge is 0.414 e. The molecule has 1 amide bonds. The van der Waals surface area contributed by atoms with Gasteiger partial charge in [-0.1, -0.05) is 48.5 Å². The molecule has 0 aromatic heterocycles. The zero-order valence-electron chi connectivity index (χ0n) is 22.9. The van der Waals surface area contributed by atoms with E-state index in [1.54, 1.807) is 0 Å². The Hall–Kier alpha value is -0.216. The van der Waals surface area contributed by atoms with Gasteiger partial charge < -0.3 is 19.5 Å². The summed E-state index contributed by atoms with van der Waals surface area (Å²) in [5, 5.41) is 0. The molecule has 2 aliphatic rings. The minimum Gasteiger partial charge on any atom is -0.414 e. The van der Waals surface area contributed by atoms with Crippen molar-refractivity contribution in [3.63, 3.8) is 0 Å². The van der Waals surface area contributed by atoms with E-state index in [9.17, 15) is 4.79 Å². The van der Waals surface area contributed by atoms with E-state index in [-0.39, 0.29) is 17.9 Å². The van der Waals surface area contributed by atoms with E-state index in [4.69, 9.17) is 14.6 Å². The van der Waals surface area contributed by atoms with Crippen molar-refractivity contribution >= 4 is 22.5 Å².